The van der Waals surface area contributed by atoms with Gasteiger partial charge >= 0.3 is 0 Å². The van der Waals surface area contributed by atoms with E-state index in [9.17, 15) is 9.90 Å². The third-order valence-electron chi connectivity index (χ3n) is 3.99. The van der Waals surface area contributed by atoms with Gasteiger partial charge < -0.3 is 28.5 Å². The second-order valence-electron chi connectivity index (χ2n) is 5.38. The Morgan fingerprint density at radius 2 is 1.54 bits per heavy atom. The van der Waals surface area contributed by atoms with Crippen LogP contribution in [0.15, 0.2) is 39.5 Å². The van der Waals surface area contributed by atoms with Gasteiger partial charge in [-0.2, -0.15) is 0 Å². The van der Waals surface area contributed by atoms with E-state index in [1.54, 1.807) is 12.1 Å². The van der Waals surface area contributed by atoms with E-state index in [1.807, 2.05) is 0 Å². The Balaban J connectivity index is 2.30. The van der Waals surface area contributed by atoms with Gasteiger partial charge in [0.1, 0.15) is 5.76 Å². The molecular weight excluding hydrogens is 340 g/mol. The quantitative estimate of drug-likeness (QED) is 0.749. The number of phenolic OH excluding ortho intramolecular Hbond substituents is 1. The van der Waals surface area contributed by atoms with Crippen LogP contribution in [0.25, 0.3) is 22.3 Å². The van der Waals surface area contributed by atoms with Crippen molar-refractivity contribution in [2.45, 2.75) is 0 Å². The van der Waals surface area contributed by atoms with Crippen LogP contribution in [-0.2, 0) is 0 Å². The van der Waals surface area contributed by atoms with Crippen molar-refractivity contribution in [3.8, 4) is 40.1 Å². The molecule has 0 aliphatic rings. The topological polar surface area (TPSA) is 87.4 Å². The van der Waals surface area contributed by atoms with Crippen LogP contribution in [0, 0.1) is 0 Å². The molecule has 26 heavy (non-hydrogen) atoms. The lowest BCUT2D eigenvalue weighted by Crippen LogP contribution is -2.04. The van der Waals surface area contributed by atoms with Crippen molar-refractivity contribution in [3.05, 3.63) is 40.6 Å². The predicted octanol–water partition coefficient (Wildman–Crippen LogP) is 3.20. The van der Waals surface area contributed by atoms with Gasteiger partial charge in [0.25, 0.3) is 0 Å². The van der Waals surface area contributed by atoms with Crippen molar-refractivity contribution >= 4 is 11.0 Å². The fraction of sp³-hybridized carbons (Fsp3) is 0.211. The molecule has 0 spiro atoms. The highest BCUT2D eigenvalue weighted by molar-refractivity contribution is 5.89. The number of fused-ring (bicyclic) bond motifs is 1. The molecule has 1 aromatic heterocycles. The van der Waals surface area contributed by atoms with E-state index in [4.69, 9.17) is 23.4 Å². The van der Waals surface area contributed by atoms with Crippen molar-refractivity contribution in [2.24, 2.45) is 0 Å². The van der Waals surface area contributed by atoms with E-state index in [1.165, 1.54) is 46.6 Å². The number of rotatable bonds is 5. The van der Waals surface area contributed by atoms with Gasteiger partial charge in [0, 0.05) is 11.6 Å². The van der Waals surface area contributed by atoms with Crippen molar-refractivity contribution in [1.82, 2.24) is 0 Å². The summed E-state index contributed by atoms with van der Waals surface area (Å²) in [6.07, 6.45) is 0. The zero-order chi connectivity index (χ0) is 18.8. The second kappa shape index (κ2) is 6.87. The van der Waals surface area contributed by atoms with E-state index in [0.717, 1.165) is 0 Å². The highest BCUT2D eigenvalue weighted by Crippen LogP contribution is 2.43. The van der Waals surface area contributed by atoms with Crippen LogP contribution in [-0.4, -0.2) is 33.5 Å². The standard InChI is InChI=1S/C19H18O7/c1-22-14-6-5-10(7-13(14)21)15-9-12(20)11-8-16(23-2)18(24-3)19(25-4)17(11)26-15/h5-9,21H,1-4H3. The zero-order valence-electron chi connectivity index (χ0n) is 14.8. The number of aromatic hydroxyl groups is 1. The Kier molecular flexibility index (Phi) is 4.62. The van der Waals surface area contributed by atoms with Gasteiger partial charge in [0.05, 0.1) is 33.8 Å². The summed E-state index contributed by atoms with van der Waals surface area (Å²) < 4.78 is 26.9. The molecule has 3 rings (SSSR count). The SMILES string of the molecule is COc1ccc(-c2cc(=O)c3cc(OC)c(OC)c(OC)c3o2)cc1O. The summed E-state index contributed by atoms with van der Waals surface area (Å²) in [5, 5.41) is 10.3. The first-order chi connectivity index (χ1) is 12.5. The lowest BCUT2D eigenvalue weighted by Gasteiger charge is -2.14. The van der Waals surface area contributed by atoms with Crippen molar-refractivity contribution in [2.75, 3.05) is 28.4 Å². The van der Waals surface area contributed by atoms with Gasteiger partial charge in [-0.3, -0.25) is 4.79 Å². The Morgan fingerprint density at radius 3 is 2.12 bits per heavy atom. The third-order valence-corrected chi connectivity index (χ3v) is 3.99. The molecule has 0 aliphatic carbocycles. The summed E-state index contributed by atoms with van der Waals surface area (Å²) >= 11 is 0. The van der Waals surface area contributed by atoms with Crippen LogP contribution >= 0.6 is 0 Å². The number of hydrogen-bond acceptors (Lipinski definition) is 7. The zero-order valence-corrected chi connectivity index (χ0v) is 14.8. The van der Waals surface area contributed by atoms with Gasteiger partial charge in [0.2, 0.25) is 11.5 Å². The number of methoxy groups -OCH3 is 4. The van der Waals surface area contributed by atoms with Crippen LogP contribution in [0.1, 0.15) is 0 Å². The number of benzene rings is 2. The molecule has 136 valence electrons. The maximum Gasteiger partial charge on any atom is 0.208 e. The minimum atomic E-state index is -0.282. The summed E-state index contributed by atoms with van der Waals surface area (Å²) in [6.45, 7) is 0. The Hall–Kier alpha value is -3.35. The molecule has 0 radical (unpaired) electrons. The van der Waals surface area contributed by atoms with Crippen LogP contribution in [0.3, 0.4) is 0 Å². The number of ether oxygens (including phenoxy) is 4. The van der Waals surface area contributed by atoms with Gasteiger partial charge in [-0.15, -0.1) is 0 Å². The first-order valence-electron chi connectivity index (χ1n) is 7.68. The third kappa shape index (κ3) is 2.77. The molecule has 0 atom stereocenters. The Labute approximate surface area is 149 Å². The van der Waals surface area contributed by atoms with Gasteiger partial charge in [-0.1, -0.05) is 0 Å². The highest BCUT2D eigenvalue weighted by Gasteiger charge is 2.21. The molecular formula is C19H18O7. The lowest BCUT2D eigenvalue weighted by atomic mass is 10.1. The average Bonchev–Trinajstić information content (AvgIpc) is 2.66. The van der Waals surface area contributed by atoms with E-state index in [-0.39, 0.29) is 28.3 Å². The van der Waals surface area contributed by atoms with Crippen LogP contribution in [0.4, 0.5) is 0 Å². The highest BCUT2D eigenvalue weighted by atomic mass is 16.5. The van der Waals surface area contributed by atoms with Gasteiger partial charge in [-0.25, -0.2) is 0 Å². The lowest BCUT2D eigenvalue weighted by molar-refractivity contribution is 0.324. The molecule has 0 saturated carbocycles. The monoisotopic (exact) mass is 358 g/mol. The van der Waals surface area contributed by atoms with Gasteiger partial charge in [0.15, 0.2) is 28.3 Å². The van der Waals surface area contributed by atoms with Crippen molar-refractivity contribution in [1.29, 1.82) is 0 Å². The molecule has 2 aromatic carbocycles. The molecule has 7 nitrogen and oxygen atoms in total. The Bertz CT molecular complexity index is 1020. The summed E-state index contributed by atoms with van der Waals surface area (Å²) in [7, 11) is 5.84. The molecule has 7 heteroatoms. The largest absolute Gasteiger partial charge is 0.504 e. The van der Waals surface area contributed by atoms with E-state index in [2.05, 4.69) is 0 Å². The van der Waals surface area contributed by atoms with Gasteiger partial charge in [-0.05, 0) is 24.3 Å². The number of phenols is 1. The fourth-order valence-electron chi connectivity index (χ4n) is 2.74. The number of hydrogen-bond donors (Lipinski definition) is 1. The molecule has 3 aromatic rings. The summed E-state index contributed by atoms with van der Waals surface area (Å²) in [4.78, 5) is 12.6. The average molecular weight is 358 g/mol. The maximum atomic E-state index is 12.6. The summed E-state index contributed by atoms with van der Waals surface area (Å²) in [6, 6.07) is 7.60. The first kappa shape index (κ1) is 17.5. The summed E-state index contributed by atoms with van der Waals surface area (Å²) in [5.41, 5.74) is 0.456. The Morgan fingerprint density at radius 1 is 0.846 bits per heavy atom. The molecule has 0 fully saturated rings. The van der Waals surface area contributed by atoms with Crippen molar-refractivity contribution in [3.63, 3.8) is 0 Å². The van der Waals surface area contributed by atoms with E-state index in [0.29, 0.717) is 28.2 Å². The maximum absolute atomic E-state index is 12.6. The normalized spacial score (nSPS) is 10.6. The minimum Gasteiger partial charge on any atom is -0.504 e. The van der Waals surface area contributed by atoms with E-state index >= 15 is 0 Å². The first-order valence-corrected chi connectivity index (χ1v) is 7.68. The minimum absolute atomic E-state index is 0.0629. The van der Waals surface area contributed by atoms with Crippen LogP contribution < -0.4 is 24.4 Å². The molecule has 1 heterocycles. The smallest absolute Gasteiger partial charge is 0.208 e. The molecule has 0 amide bonds. The summed E-state index contributed by atoms with van der Waals surface area (Å²) in [5.74, 6) is 1.46. The van der Waals surface area contributed by atoms with Crippen LogP contribution in [0.2, 0.25) is 0 Å². The predicted molar refractivity (Wildman–Crippen MR) is 95.8 cm³/mol. The molecule has 0 saturated heterocycles. The van der Waals surface area contributed by atoms with Crippen molar-refractivity contribution < 1.29 is 28.5 Å². The van der Waals surface area contributed by atoms with Crippen LogP contribution in [0.5, 0.6) is 28.7 Å². The molecule has 0 bridgehead atoms. The van der Waals surface area contributed by atoms with E-state index < -0.39 is 0 Å². The molecule has 0 aliphatic heterocycles. The second-order valence-corrected chi connectivity index (χ2v) is 5.38. The molecule has 0 unspecified atom stereocenters. The fourth-order valence-corrected chi connectivity index (χ4v) is 2.74. The molecule has 1 N–H and O–H groups in total.